The van der Waals surface area contributed by atoms with Gasteiger partial charge in [-0.3, -0.25) is 0 Å². The van der Waals surface area contributed by atoms with Gasteiger partial charge in [0.05, 0.1) is 6.61 Å². The van der Waals surface area contributed by atoms with Crippen LogP contribution in [0.3, 0.4) is 0 Å². The summed E-state index contributed by atoms with van der Waals surface area (Å²) < 4.78 is 1.10. The van der Waals surface area contributed by atoms with Gasteiger partial charge in [-0.25, -0.2) is 0 Å². The fourth-order valence-corrected chi connectivity index (χ4v) is 3.32. The van der Waals surface area contributed by atoms with Crippen molar-refractivity contribution in [2.45, 2.75) is 38.3 Å². The van der Waals surface area contributed by atoms with E-state index >= 15 is 0 Å². The molecule has 0 radical (unpaired) electrons. The Morgan fingerprint density at radius 2 is 2.11 bits per heavy atom. The summed E-state index contributed by atoms with van der Waals surface area (Å²) in [6.45, 7) is 1.79. The maximum absolute atomic E-state index is 9.38. The first-order chi connectivity index (χ1) is 9.26. The number of aliphatic hydroxyl groups excluding tert-OH is 1. The average Bonchev–Trinajstić information content (AvgIpc) is 2.92. The Bertz CT molecular complexity index is 405. The minimum Gasteiger partial charge on any atom is -0.395 e. The summed E-state index contributed by atoms with van der Waals surface area (Å²) in [5.41, 5.74) is 2.55. The molecule has 0 bridgehead atoms. The van der Waals surface area contributed by atoms with E-state index in [4.69, 9.17) is 0 Å². The quantitative estimate of drug-likeness (QED) is 0.843. The number of anilines is 1. The minimum atomic E-state index is 0.210. The van der Waals surface area contributed by atoms with Gasteiger partial charge in [-0.05, 0) is 37.6 Å². The van der Waals surface area contributed by atoms with Crippen LogP contribution in [0.15, 0.2) is 22.7 Å². The summed E-state index contributed by atoms with van der Waals surface area (Å²) in [6.07, 6.45) is 5.10. The molecule has 1 aliphatic carbocycles. The number of rotatable bonds is 6. The molecule has 1 aliphatic rings. The molecule has 1 fully saturated rings. The van der Waals surface area contributed by atoms with Crippen molar-refractivity contribution in [3.05, 3.63) is 28.2 Å². The van der Waals surface area contributed by atoms with Crippen LogP contribution in [0, 0.1) is 0 Å². The fraction of sp³-hybridized carbons (Fsp3) is 0.600. The van der Waals surface area contributed by atoms with Gasteiger partial charge in [0.15, 0.2) is 0 Å². The molecule has 0 aliphatic heterocycles. The van der Waals surface area contributed by atoms with E-state index in [2.05, 4.69) is 44.3 Å². The van der Waals surface area contributed by atoms with Gasteiger partial charge in [-0.2, -0.15) is 0 Å². The zero-order valence-corrected chi connectivity index (χ0v) is 13.1. The number of halogens is 1. The van der Waals surface area contributed by atoms with E-state index in [1.54, 1.807) is 0 Å². The highest BCUT2D eigenvalue weighted by atomic mass is 79.9. The summed E-state index contributed by atoms with van der Waals surface area (Å²) in [7, 11) is 1.97. The summed E-state index contributed by atoms with van der Waals surface area (Å²) in [4.78, 5) is 2.39. The molecular formula is C15H23BrN2O. The zero-order chi connectivity index (χ0) is 13.7. The first-order valence-corrected chi connectivity index (χ1v) is 7.86. The standard InChI is InChI=1S/C15H23BrN2O/c1-17-11-12-6-7-13(16)10-15(12)18(8-9-19)14-4-2-3-5-14/h6-7,10,14,17,19H,2-5,8-9,11H2,1H3. The van der Waals surface area contributed by atoms with Crippen LogP contribution in [0.25, 0.3) is 0 Å². The first kappa shape index (κ1) is 14.8. The van der Waals surface area contributed by atoms with Gasteiger partial charge in [0, 0.05) is 29.3 Å². The van der Waals surface area contributed by atoms with Gasteiger partial charge in [0.2, 0.25) is 0 Å². The summed E-state index contributed by atoms with van der Waals surface area (Å²) >= 11 is 3.57. The molecule has 106 valence electrons. The van der Waals surface area contributed by atoms with Gasteiger partial charge < -0.3 is 15.3 Å². The second-order valence-corrected chi connectivity index (χ2v) is 6.07. The highest BCUT2D eigenvalue weighted by Gasteiger charge is 2.24. The molecule has 1 aromatic rings. The van der Waals surface area contributed by atoms with Gasteiger partial charge in [-0.1, -0.05) is 34.8 Å². The topological polar surface area (TPSA) is 35.5 Å². The second kappa shape index (κ2) is 7.27. The highest BCUT2D eigenvalue weighted by Crippen LogP contribution is 2.32. The van der Waals surface area contributed by atoms with E-state index in [0.29, 0.717) is 6.04 Å². The van der Waals surface area contributed by atoms with E-state index < -0.39 is 0 Å². The molecule has 0 spiro atoms. The van der Waals surface area contributed by atoms with Crippen LogP contribution in [0.5, 0.6) is 0 Å². The number of aliphatic hydroxyl groups is 1. The third-order valence-electron chi connectivity index (χ3n) is 3.83. The summed E-state index contributed by atoms with van der Waals surface area (Å²) in [5, 5.41) is 12.6. The Morgan fingerprint density at radius 3 is 2.74 bits per heavy atom. The molecule has 0 heterocycles. The molecule has 1 aromatic carbocycles. The Labute approximate surface area is 124 Å². The normalized spacial score (nSPS) is 15.9. The van der Waals surface area contributed by atoms with Crippen molar-refractivity contribution >= 4 is 21.6 Å². The number of hydrogen-bond donors (Lipinski definition) is 2. The molecule has 4 heteroatoms. The number of nitrogens with one attached hydrogen (secondary N) is 1. The van der Waals surface area contributed by atoms with Crippen LogP contribution in [0.4, 0.5) is 5.69 Å². The Kier molecular flexibility index (Phi) is 5.67. The van der Waals surface area contributed by atoms with Gasteiger partial charge >= 0.3 is 0 Å². The molecular weight excluding hydrogens is 304 g/mol. The van der Waals surface area contributed by atoms with Crippen LogP contribution in [0.2, 0.25) is 0 Å². The van der Waals surface area contributed by atoms with Crippen molar-refractivity contribution in [3.63, 3.8) is 0 Å². The summed E-state index contributed by atoms with van der Waals surface area (Å²) in [6, 6.07) is 7.01. The lowest BCUT2D eigenvalue weighted by Crippen LogP contribution is -2.36. The molecule has 2 N–H and O–H groups in total. The molecule has 1 saturated carbocycles. The lowest BCUT2D eigenvalue weighted by atomic mass is 10.1. The van der Waals surface area contributed by atoms with Crippen LogP contribution < -0.4 is 10.2 Å². The zero-order valence-electron chi connectivity index (χ0n) is 11.5. The second-order valence-electron chi connectivity index (χ2n) is 5.16. The first-order valence-electron chi connectivity index (χ1n) is 7.06. The van der Waals surface area contributed by atoms with E-state index in [0.717, 1.165) is 17.6 Å². The van der Waals surface area contributed by atoms with Crippen molar-refractivity contribution in [3.8, 4) is 0 Å². The van der Waals surface area contributed by atoms with Gasteiger partial charge in [0.25, 0.3) is 0 Å². The lowest BCUT2D eigenvalue weighted by Gasteiger charge is -2.32. The molecule has 3 nitrogen and oxygen atoms in total. The minimum absolute atomic E-state index is 0.210. The van der Waals surface area contributed by atoms with E-state index in [9.17, 15) is 5.11 Å². The largest absolute Gasteiger partial charge is 0.395 e. The Balaban J connectivity index is 2.30. The van der Waals surface area contributed by atoms with E-state index in [-0.39, 0.29) is 6.61 Å². The fourth-order valence-electron chi connectivity index (χ4n) is 2.97. The predicted molar refractivity (Wildman–Crippen MR) is 83.6 cm³/mol. The molecule has 0 amide bonds. The number of nitrogens with zero attached hydrogens (tertiary/aromatic N) is 1. The van der Waals surface area contributed by atoms with Crippen molar-refractivity contribution < 1.29 is 5.11 Å². The summed E-state index contributed by atoms with van der Waals surface area (Å²) in [5.74, 6) is 0. The number of benzene rings is 1. The van der Waals surface area contributed by atoms with Gasteiger partial charge in [0.1, 0.15) is 0 Å². The van der Waals surface area contributed by atoms with Crippen molar-refractivity contribution in [1.29, 1.82) is 0 Å². The monoisotopic (exact) mass is 326 g/mol. The SMILES string of the molecule is CNCc1ccc(Br)cc1N(CCO)C1CCCC1. The maximum Gasteiger partial charge on any atom is 0.0606 e. The van der Waals surface area contributed by atoms with E-state index in [1.807, 2.05) is 7.05 Å². The predicted octanol–water partition coefficient (Wildman–Crippen LogP) is 2.91. The number of hydrogen-bond acceptors (Lipinski definition) is 3. The Morgan fingerprint density at radius 1 is 1.37 bits per heavy atom. The lowest BCUT2D eigenvalue weighted by molar-refractivity contribution is 0.297. The molecule has 0 unspecified atom stereocenters. The van der Waals surface area contributed by atoms with E-state index in [1.165, 1.54) is 36.9 Å². The van der Waals surface area contributed by atoms with Crippen LogP contribution in [-0.2, 0) is 6.54 Å². The van der Waals surface area contributed by atoms with Crippen molar-refractivity contribution in [2.75, 3.05) is 25.1 Å². The smallest absolute Gasteiger partial charge is 0.0606 e. The molecule has 0 saturated heterocycles. The third-order valence-corrected chi connectivity index (χ3v) is 4.32. The van der Waals surface area contributed by atoms with Crippen LogP contribution >= 0.6 is 15.9 Å². The van der Waals surface area contributed by atoms with Crippen molar-refractivity contribution in [1.82, 2.24) is 5.32 Å². The van der Waals surface area contributed by atoms with Crippen LogP contribution in [0.1, 0.15) is 31.2 Å². The van der Waals surface area contributed by atoms with Crippen molar-refractivity contribution in [2.24, 2.45) is 0 Å². The highest BCUT2D eigenvalue weighted by molar-refractivity contribution is 9.10. The Hall–Kier alpha value is -0.580. The molecule has 2 rings (SSSR count). The average molecular weight is 327 g/mol. The molecule has 19 heavy (non-hydrogen) atoms. The van der Waals surface area contributed by atoms with Crippen LogP contribution in [-0.4, -0.2) is 31.3 Å². The maximum atomic E-state index is 9.38. The third kappa shape index (κ3) is 3.71. The van der Waals surface area contributed by atoms with Gasteiger partial charge in [-0.15, -0.1) is 0 Å². The molecule has 0 aromatic heterocycles. The molecule has 0 atom stereocenters.